The minimum atomic E-state index is 0.669. The molecule has 2 N–H and O–H groups in total. The van der Waals surface area contributed by atoms with Gasteiger partial charge < -0.3 is 19.9 Å². The molecule has 0 bridgehead atoms. The zero-order valence-corrected chi connectivity index (χ0v) is 13.0. The van der Waals surface area contributed by atoms with Gasteiger partial charge >= 0.3 is 0 Å². The van der Waals surface area contributed by atoms with Crippen molar-refractivity contribution >= 4 is 28.9 Å². The van der Waals surface area contributed by atoms with Crippen molar-refractivity contribution in [2.75, 3.05) is 36.5 Å². The molecule has 0 spiro atoms. The summed E-state index contributed by atoms with van der Waals surface area (Å²) in [6, 6.07) is 9.71. The van der Waals surface area contributed by atoms with E-state index in [0.717, 1.165) is 46.9 Å². The Kier molecular flexibility index (Phi) is 3.84. The van der Waals surface area contributed by atoms with E-state index in [4.69, 9.17) is 4.74 Å². The molecular weight excluding hydrogens is 306 g/mol. The summed E-state index contributed by atoms with van der Waals surface area (Å²) in [6.45, 7) is 3.10. The summed E-state index contributed by atoms with van der Waals surface area (Å²) in [5.74, 6) is 0.935. The number of ether oxygens (including phenoxy) is 1. The highest BCUT2D eigenvalue weighted by atomic mass is 16.5. The summed E-state index contributed by atoms with van der Waals surface area (Å²) in [5, 5.41) is 3.64. The quantitative estimate of drug-likeness (QED) is 0.718. The third kappa shape index (κ3) is 2.69. The van der Waals surface area contributed by atoms with Crippen molar-refractivity contribution in [3.05, 3.63) is 36.7 Å². The van der Waals surface area contributed by atoms with Crippen molar-refractivity contribution in [2.45, 2.75) is 0 Å². The van der Waals surface area contributed by atoms with Crippen LogP contribution in [-0.4, -0.2) is 47.7 Å². The highest BCUT2D eigenvalue weighted by Crippen LogP contribution is 2.29. The Morgan fingerprint density at radius 3 is 2.71 bits per heavy atom. The number of rotatable bonds is 4. The zero-order valence-electron chi connectivity index (χ0n) is 13.0. The first-order valence-corrected chi connectivity index (χ1v) is 7.82. The first-order chi connectivity index (χ1) is 11.8. The van der Waals surface area contributed by atoms with Crippen molar-refractivity contribution in [1.82, 2.24) is 15.0 Å². The number of anilines is 2. The van der Waals surface area contributed by atoms with Crippen molar-refractivity contribution < 1.29 is 9.53 Å². The second kappa shape index (κ2) is 6.29. The van der Waals surface area contributed by atoms with Crippen LogP contribution in [0.4, 0.5) is 11.5 Å². The lowest BCUT2D eigenvalue weighted by molar-refractivity contribution is -0.105. The van der Waals surface area contributed by atoms with E-state index in [1.54, 1.807) is 6.33 Å². The van der Waals surface area contributed by atoms with Crippen LogP contribution >= 0.6 is 0 Å². The molecule has 1 saturated heterocycles. The number of aromatic amines is 1. The number of fused-ring (bicyclic) bond motifs is 1. The fraction of sp³-hybridized carbons (Fsp3) is 0.235. The molecule has 3 heterocycles. The summed E-state index contributed by atoms with van der Waals surface area (Å²) in [4.78, 5) is 24.9. The van der Waals surface area contributed by atoms with Crippen molar-refractivity contribution in [2.24, 2.45) is 0 Å². The van der Waals surface area contributed by atoms with E-state index >= 15 is 0 Å². The summed E-state index contributed by atoms with van der Waals surface area (Å²) in [7, 11) is 0. The Bertz CT molecular complexity index is 853. The highest BCUT2D eigenvalue weighted by molar-refractivity contribution is 5.92. The lowest BCUT2D eigenvalue weighted by Gasteiger charge is -2.27. The van der Waals surface area contributed by atoms with Gasteiger partial charge in [-0.05, 0) is 23.8 Å². The molecule has 1 aromatic carbocycles. The van der Waals surface area contributed by atoms with Gasteiger partial charge in [0.1, 0.15) is 17.8 Å². The maximum absolute atomic E-state index is 10.5. The van der Waals surface area contributed by atoms with Gasteiger partial charge in [-0.15, -0.1) is 0 Å². The summed E-state index contributed by atoms with van der Waals surface area (Å²) in [5.41, 5.74) is 3.57. The molecule has 24 heavy (non-hydrogen) atoms. The van der Waals surface area contributed by atoms with Crippen LogP contribution in [0, 0.1) is 0 Å². The summed E-state index contributed by atoms with van der Waals surface area (Å²) in [6.07, 6.45) is 2.26. The average Bonchev–Trinajstić information content (AvgIpc) is 3.07. The van der Waals surface area contributed by atoms with Crippen LogP contribution in [-0.2, 0) is 9.53 Å². The Morgan fingerprint density at radius 2 is 1.96 bits per heavy atom. The van der Waals surface area contributed by atoms with Crippen LogP contribution in [0.3, 0.4) is 0 Å². The molecule has 0 aliphatic carbocycles. The van der Waals surface area contributed by atoms with Gasteiger partial charge in [-0.3, -0.25) is 4.79 Å². The number of H-pyrrole nitrogens is 1. The molecule has 0 saturated carbocycles. The van der Waals surface area contributed by atoms with E-state index in [1.807, 2.05) is 24.3 Å². The van der Waals surface area contributed by atoms with E-state index in [-0.39, 0.29) is 0 Å². The van der Waals surface area contributed by atoms with E-state index in [1.165, 1.54) is 0 Å². The monoisotopic (exact) mass is 323 g/mol. The fourth-order valence-corrected chi connectivity index (χ4v) is 2.92. The third-order valence-corrected chi connectivity index (χ3v) is 4.14. The number of nitrogens with one attached hydrogen (secondary N) is 2. The Balaban J connectivity index is 1.71. The number of hydrogen-bond donors (Lipinski definition) is 2. The molecule has 0 atom stereocenters. The predicted molar refractivity (Wildman–Crippen MR) is 92.0 cm³/mol. The van der Waals surface area contributed by atoms with Gasteiger partial charge in [0, 0.05) is 24.5 Å². The predicted octanol–water partition coefficient (Wildman–Crippen LogP) is 2.03. The third-order valence-electron chi connectivity index (χ3n) is 4.14. The molecule has 0 radical (unpaired) electrons. The van der Waals surface area contributed by atoms with Gasteiger partial charge in [-0.1, -0.05) is 12.1 Å². The van der Waals surface area contributed by atoms with Crippen LogP contribution in [0.5, 0.6) is 0 Å². The molecule has 1 aliphatic rings. The number of benzene rings is 1. The maximum atomic E-state index is 10.5. The average molecular weight is 323 g/mol. The molecule has 2 aromatic heterocycles. The van der Waals surface area contributed by atoms with Gasteiger partial charge in [0.25, 0.3) is 0 Å². The van der Waals surface area contributed by atoms with Crippen molar-refractivity contribution in [3.8, 4) is 11.3 Å². The minimum absolute atomic E-state index is 0.669. The normalized spacial score (nSPS) is 14.8. The standard InChI is InChI=1S/C17H17N5O2/c23-11-20-13-3-1-12(2-4-13)15-9-14-16(21-15)18-10-19-17(14)22-5-7-24-8-6-22/h1-4,9-11H,5-8H2,(H,20,23)(H,18,19,21). The molecule has 4 rings (SSSR count). The van der Waals surface area contributed by atoms with Crippen LogP contribution in [0.1, 0.15) is 0 Å². The van der Waals surface area contributed by atoms with Gasteiger partial charge in [-0.2, -0.15) is 0 Å². The Hall–Kier alpha value is -2.93. The number of carbonyl (C=O) groups excluding carboxylic acids is 1. The molecular formula is C17H17N5O2. The molecule has 1 fully saturated rings. The largest absolute Gasteiger partial charge is 0.378 e. The molecule has 0 unspecified atom stereocenters. The molecule has 3 aromatic rings. The van der Waals surface area contributed by atoms with Crippen molar-refractivity contribution in [3.63, 3.8) is 0 Å². The lowest BCUT2D eigenvalue weighted by atomic mass is 10.1. The van der Waals surface area contributed by atoms with E-state index < -0.39 is 0 Å². The minimum Gasteiger partial charge on any atom is -0.378 e. The topological polar surface area (TPSA) is 83.1 Å². The number of aromatic nitrogens is 3. The number of nitrogens with zero attached hydrogens (tertiary/aromatic N) is 3. The van der Waals surface area contributed by atoms with Crippen LogP contribution < -0.4 is 10.2 Å². The lowest BCUT2D eigenvalue weighted by Crippen LogP contribution is -2.36. The number of amides is 1. The molecule has 7 heteroatoms. The Labute approximate surface area is 138 Å². The van der Waals surface area contributed by atoms with Gasteiger partial charge in [-0.25, -0.2) is 9.97 Å². The van der Waals surface area contributed by atoms with Gasteiger partial charge in [0.2, 0.25) is 6.41 Å². The summed E-state index contributed by atoms with van der Waals surface area (Å²) < 4.78 is 5.42. The second-order valence-corrected chi connectivity index (χ2v) is 5.58. The van der Waals surface area contributed by atoms with Crippen molar-refractivity contribution in [1.29, 1.82) is 0 Å². The molecule has 1 amide bonds. The number of hydrogen-bond acceptors (Lipinski definition) is 5. The summed E-state index contributed by atoms with van der Waals surface area (Å²) >= 11 is 0. The smallest absolute Gasteiger partial charge is 0.211 e. The first kappa shape index (κ1) is 14.6. The van der Waals surface area contributed by atoms with Gasteiger partial charge in [0.15, 0.2) is 0 Å². The second-order valence-electron chi connectivity index (χ2n) is 5.58. The molecule has 7 nitrogen and oxygen atoms in total. The van der Waals surface area contributed by atoms with E-state index in [0.29, 0.717) is 19.6 Å². The Morgan fingerprint density at radius 1 is 1.17 bits per heavy atom. The van der Waals surface area contributed by atoms with E-state index in [9.17, 15) is 4.79 Å². The highest BCUT2D eigenvalue weighted by Gasteiger charge is 2.17. The van der Waals surface area contributed by atoms with E-state index in [2.05, 4.69) is 31.2 Å². The van der Waals surface area contributed by atoms with Crippen LogP contribution in [0.2, 0.25) is 0 Å². The fourth-order valence-electron chi connectivity index (χ4n) is 2.92. The number of morpholine rings is 1. The first-order valence-electron chi connectivity index (χ1n) is 7.82. The zero-order chi connectivity index (χ0) is 16.4. The van der Waals surface area contributed by atoms with Crippen LogP contribution in [0.25, 0.3) is 22.3 Å². The molecule has 122 valence electrons. The van der Waals surface area contributed by atoms with Crippen LogP contribution in [0.15, 0.2) is 36.7 Å². The molecule has 1 aliphatic heterocycles. The SMILES string of the molecule is O=CNc1ccc(-c2cc3c(N4CCOCC4)ncnc3[nH]2)cc1. The van der Waals surface area contributed by atoms with Gasteiger partial charge in [0.05, 0.1) is 18.6 Å². The maximum Gasteiger partial charge on any atom is 0.211 e. The number of carbonyl (C=O) groups is 1.